The quantitative estimate of drug-likeness (QED) is 0.536. The maximum Gasteiger partial charge on any atom is 0.243 e. The predicted molar refractivity (Wildman–Crippen MR) is 114 cm³/mol. The van der Waals surface area contributed by atoms with E-state index in [1.165, 1.54) is 22.0 Å². The average Bonchev–Trinajstić information content (AvgIpc) is 2.74. The molecule has 0 saturated carbocycles. The van der Waals surface area contributed by atoms with E-state index in [0.717, 1.165) is 12.8 Å². The molecule has 1 amide bonds. The molecule has 1 fully saturated rings. The van der Waals surface area contributed by atoms with E-state index < -0.39 is 10.0 Å². The molecule has 0 radical (unpaired) electrons. The minimum absolute atomic E-state index is 0.162. The lowest BCUT2D eigenvalue weighted by Gasteiger charge is -2.30. The molecule has 1 heterocycles. The van der Waals surface area contributed by atoms with Gasteiger partial charge in [-0.1, -0.05) is 41.9 Å². The molecule has 1 saturated heterocycles. The van der Waals surface area contributed by atoms with Crippen LogP contribution in [0.25, 0.3) is 0 Å². The number of aryl methyl sites for hydroxylation is 1. The average molecular weight is 434 g/mol. The van der Waals surface area contributed by atoms with Crippen molar-refractivity contribution in [3.8, 4) is 0 Å². The standard InChI is InChI=1S/C21H24ClN3O3S/c22-19-8-10-20(11-9-19)29(27,28)25-15-12-18(13-16-25)21(26)24-23-14-4-7-17-5-2-1-3-6-17/h1-3,5-6,8-11,14,18H,4,7,12-13,15-16H2,(H,24,26). The second-order valence-corrected chi connectivity index (χ2v) is 9.32. The Labute approximate surface area is 176 Å². The maximum atomic E-state index is 12.7. The Morgan fingerprint density at radius 3 is 2.41 bits per heavy atom. The summed E-state index contributed by atoms with van der Waals surface area (Å²) in [5, 5.41) is 4.51. The normalized spacial score (nSPS) is 16.2. The Kier molecular flexibility index (Phi) is 7.41. The van der Waals surface area contributed by atoms with Gasteiger partial charge in [0.1, 0.15) is 0 Å². The van der Waals surface area contributed by atoms with Crippen LogP contribution in [-0.4, -0.2) is 37.9 Å². The van der Waals surface area contributed by atoms with Crippen LogP contribution in [0.2, 0.25) is 5.02 Å². The van der Waals surface area contributed by atoms with Crippen molar-refractivity contribution in [3.05, 3.63) is 65.2 Å². The molecule has 0 unspecified atom stereocenters. The Hall–Kier alpha value is -2.22. The maximum absolute atomic E-state index is 12.7. The van der Waals surface area contributed by atoms with Crippen molar-refractivity contribution < 1.29 is 13.2 Å². The molecule has 1 aliphatic heterocycles. The summed E-state index contributed by atoms with van der Waals surface area (Å²) in [6.07, 6.45) is 4.24. The van der Waals surface area contributed by atoms with Gasteiger partial charge in [-0.2, -0.15) is 9.41 Å². The number of sulfonamides is 1. The van der Waals surface area contributed by atoms with Gasteiger partial charge in [-0.15, -0.1) is 0 Å². The molecule has 0 aromatic heterocycles. The first-order valence-corrected chi connectivity index (χ1v) is 11.4. The fraction of sp³-hybridized carbons (Fsp3) is 0.333. The summed E-state index contributed by atoms with van der Waals surface area (Å²) < 4.78 is 26.8. The van der Waals surface area contributed by atoms with Gasteiger partial charge < -0.3 is 0 Å². The van der Waals surface area contributed by atoms with Gasteiger partial charge in [0.05, 0.1) is 4.90 Å². The summed E-state index contributed by atoms with van der Waals surface area (Å²) >= 11 is 5.83. The zero-order valence-corrected chi connectivity index (χ0v) is 17.6. The number of nitrogens with one attached hydrogen (secondary N) is 1. The van der Waals surface area contributed by atoms with Gasteiger partial charge in [-0.05, 0) is 55.5 Å². The Bertz CT molecular complexity index is 939. The molecule has 0 atom stereocenters. The van der Waals surface area contributed by atoms with Crippen LogP contribution in [0.1, 0.15) is 24.8 Å². The zero-order valence-electron chi connectivity index (χ0n) is 16.0. The number of carbonyl (C=O) groups excluding carboxylic acids is 1. The lowest BCUT2D eigenvalue weighted by atomic mass is 9.98. The molecule has 0 aliphatic carbocycles. The molecule has 0 spiro atoms. The number of benzene rings is 2. The number of nitrogens with zero attached hydrogens (tertiary/aromatic N) is 2. The van der Waals surface area contributed by atoms with Crippen LogP contribution in [0.5, 0.6) is 0 Å². The molecule has 0 bridgehead atoms. The number of hydrazone groups is 1. The Morgan fingerprint density at radius 2 is 1.76 bits per heavy atom. The van der Waals surface area contributed by atoms with Crippen molar-refractivity contribution in [2.45, 2.75) is 30.6 Å². The summed E-state index contributed by atoms with van der Waals surface area (Å²) in [5.74, 6) is -0.401. The van der Waals surface area contributed by atoms with Gasteiger partial charge in [-0.3, -0.25) is 4.79 Å². The smallest absolute Gasteiger partial charge is 0.243 e. The largest absolute Gasteiger partial charge is 0.273 e. The van der Waals surface area contributed by atoms with E-state index in [9.17, 15) is 13.2 Å². The molecular weight excluding hydrogens is 410 g/mol. The highest BCUT2D eigenvalue weighted by atomic mass is 35.5. The van der Waals surface area contributed by atoms with Crippen molar-refractivity contribution in [2.24, 2.45) is 11.0 Å². The number of amides is 1. The van der Waals surface area contributed by atoms with E-state index >= 15 is 0 Å². The monoisotopic (exact) mass is 433 g/mol. The van der Waals surface area contributed by atoms with Crippen molar-refractivity contribution in [3.63, 3.8) is 0 Å². The number of halogens is 1. The minimum Gasteiger partial charge on any atom is -0.273 e. The van der Waals surface area contributed by atoms with Gasteiger partial charge in [0.25, 0.3) is 0 Å². The number of carbonyl (C=O) groups is 1. The van der Waals surface area contributed by atoms with Crippen molar-refractivity contribution >= 4 is 33.7 Å². The fourth-order valence-corrected chi connectivity index (χ4v) is 4.85. The second kappa shape index (κ2) is 10.0. The third kappa shape index (κ3) is 5.88. The minimum atomic E-state index is -3.57. The van der Waals surface area contributed by atoms with Crippen LogP contribution >= 0.6 is 11.6 Å². The van der Waals surface area contributed by atoms with Gasteiger partial charge in [-0.25, -0.2) is 13.8 Å². The van der Waals surface area contributed by atoms with E-state index in [1.807, 2.05) is 18.2 Å². The summed E-state index contributed by atoms with van der Waals surface area (Å²) in [4.78, 5) is 12.5. The first-order valence-electron chi connectivity index (χ1n) is 9.58. The second-order valence-electron chi connectivity index (χ2n) is 6.94. The molecule has 1 N–H and O–H groups in total. The molecule has 29 heavy (non-hydrogen) atoms. The van der Waals surface area contributed by atoms with Crippen LogP contribution in [0.15, 0.2) is 64.6 Å². The first-order chi connectivity index (χ1) is 14.0. The van der Waals surface area contributed by atoms with E-state index in [0.29, 0.717) is 31.0 Å². The van der Waals surface area contributed by atoms with Crippen LogP contribution in [0, 0.1) is 5.92 Å². The fourth-order valence-electron chi connectivity index (χ4n) is 3.25. The molecule has 8 heteroatoms. The lowest BCUT2D eigenvalue weighted by molar-refractivity contribution is -0.126. The van der Waals surface area contributed by atoms with Gasteiger partial charge in [0.2, 0.25) is 15.9 Å². The van der Waals surface area contributed by atoms with Crippen molar-refractivity contribution in [1.82, 2.24) is 9.73 Å². The highest BCUT2D eigenvalue weighted by molar-refractivity contribution is 7.89. The highest BCUT2D eigenvalue weighted by Gasteiger charge is 2.32. The number of hydrogen-bond acceptors (Lipinski definition) is 4. The third-order valence-electron chi connectivity index (χ3n) is 4.95. The van der Waals surface area contributed by atoms with Crippen molar-refractivity contribution in [2.75, 3.05) is 13.1 Å². The van der Waals surface area contributed by atoms with Crippen LogP contribution in [0.3, 0.4) is 0 Å². The van der Waals surface area contributed by atoms with Crippen LogP contribution < -0.4 is 5.43 Å². The van der Waals surface area contributed by atoms with Crippen LogP contribution in [-0.2, 0) is 21.2 Å². The SMILES string of the molecule is O=C(NN=CCCc1ccccc1)C1CCN(S(=O)(=O)c2ccc(Cl)cc2)CC1. The molecule has 2 aromatic carbocycles. The van der Waals surface area contributed by atoms with E-state index in [1.54, 1.807) is 18.3 Å². The van der Waals surface area contributed by atoms with Crippen LogP contribution in [0.4, 0.5) is 0 Å². The molecule has 1 aliphatic rings. The predicted octanol–water partition coefficient (Wildman–Crippen LogP) is 3.48. The van der Waals surface area contributed by atoms with Crippen molar-refractivity contribution in [1.29, 1.82) is 0 Å². The molecule has 6 nitrogen and oxygen atoms in total. The number of rotatable bonds is 7. The summed E-state index contributed by atoms with van der Waals surface area (Å²) in [5.41, 5.74) is 3.80. The van der Waals surface area contributed by atoms with E-state index in [-0.39, 0.29) is 16.7 Å². The van der Waals surface area contributed by atoms with Gasteiger partial charge in [0, 0.05) is 30.2 Å². The summed E-state index contributed by atoms with van der Waals surface area (Å²) in [6, 6.07) is 16.2. The Morgan fingerprint density at radius 1 is 1.10 bits per heavy atom. The molecule has 3 rings (SSSR count). The Balaban J connectivity index is 1.44. The van der Waals surface area contributed by atoms with E-state index in [2.05, 4.69) is 22.7 Å². The number of piperidine rings is 1. The summed E-state index contributed by atoms with van der Waals surface area (Å²) in [7, 11) is -3.57. The molecule has 154 valence electrons. The molecule has 2 aromatic rings. The van der Waals surface area contributed by atoms with Gasteiger partial charge >= 0.3 is 0 Å². The highest BCUT2D eigenvalue weighted by Crippen LogP contribution is 2.24. The van der Waals surface area contributed by atoms with Gasteiger partial charge in [0.15, 0.2) is 0 Å². The summed E-state index contributed by atoms with van der Waals surface area (Å²) in [6.45, 7) is 0.613. The number of hydrogen-bond donors (Lipinski definition) is 1. The van der Waals surface area contributed by atoms with E-state index in [4.69, 9.17) is 11.6 Å². The first kappa shape index (κ1) is 21.5. The zero-order chi connectivity index (χ0) is 20.7. The lowest BCUT2D eigenvalue weighted by Crippen LogP contribution is -2.42. The third-order valence-corrected chi connectivity index (χ3v) is 7.11. The topological polar surface area (TPSA) is 78.8 Å². The molecular formula is C21H24ClN3O3S.